The Morgan fingerprint density at radius 2 is 1.96 bits per heavy atom. The molecule has 0 saturated carbocycles. The highest BCUT2D eigenvalue weighted by Gasteiger charge is 2.21. The lowest BCUT2D eigenvalue weighted by atomic mass is 10.2. The minimum atomic E-state index is -0.241. The van der Waals surface area contributed by atoms with E-state index in [0.717, 1.165) is 18.8 Å². The molecule has 0 aliphatic carbocycles. The molecule has 1 aromatic carbocycles. The number of nitrogens with one attached hydrogen (secondary N) is 2. The van der Waals surface area contributed by atoms with Crippen LogP contribution in [-0.4, -0.2) is 48.0 Å². The van der Waals surface area contributed by atoms with Gasteiger partial charge in [0.05, 0.1) is 15.6 Å². The second-order valence-electron chi connectivity index (χ2n) is 6.27. The molecule has 0 bridgehead atoms. The van der Waals surface area contributed by atoms with E-state index in [-0.39, 0.29) is 16.9 Å². The van der Waals surface area contributed by atoms with Gasteiger partial charge in [-0.25, -0.2) is 0 Å². The molecule has 1 fully saturated rings. The minimum Gasteiger partial charge on any atom is -0.367 e. The van der Waals surface area contributed by atoms with E-state index in [0.29, 0.717) is 35.1 Å². The molecule has 0 radical (unpaired) electrons. The molecule has 1 aromatic heterocycles. The number of carbonyl (C=O) groups is 2. The monoisotopic (exact) mass is 436 g/mol. The molecule has 0 atom stereocenters. The van der Waals surface area contributed by atoms with Gasteiger partial charge < -0.3 is 15.1 Å². The van der Waals surface area contributed by atoms with Crippen molar-refractivity contribution in [2.45, 2.75) is 13.3 Å². The van der Waals surface area contributed by atoms with Crippen molar-refractivity contribution < 1.29 is 9.59 Å². The van der Waals surface area contributed by atoms with Gasteiger partial charge in [0.2, 0.25) is 5.91 Å². The number of hydrogen-bond donors (Lipinski definition) is 2. The Bertz CT molecular complexity index is 865. The number of piperazine rings is 1. The van der Waals surface area contributed by atoms with Crippen LogP contribution in [0.1, 0.15) is 23.0 Å². The molecule has 1 aliphatic rings. The Balaban J connectivity index is 1.57. The molecule has 28 heavy (non-hydrogen) atoms. The maximum absolute atomic E-state index is 12.0. The number of thiocarbonyl (C=S) groups is 1. The molecule has 3 rings (SSSR count). The number of rotatable bonds is 4. The SMILES string of the molecule is CCC(=O)N1CCN(c2ccc(NC(=S)NC(=O)c3cccs3)cc2Cl)CC1. The lowest BCUT2D eigenvalue weighted by Crippen LogP contribution is -2.48. The highest BCUT2D eigenvalue weighted by molar-refractivity contribution is 7.80. The average Bonchev–Trinajstić information content (AvgIpc) is 3.22. The Hall–Kier alpha value is -2.16. The second-order valence-corrected chi connectivity index (χ2v) is 8.04. The van der Waals surface area contributed by atoms with Crippen LogP contribution >= 0.6 is 35.2 Å². The number of halogens is 1. The summed E-state index contributed by atoms with van der Waals surface area (Å²) in [6.07, 6.45) is 0.532. The number of amides is 2. The lowest BCUT2D eigenvalue weighted by Gasteiger charge is -2.36. The van der Waals surface area contributed by atoms with Gasteiger partial charge in [-0.3, -0.25) is 14.9 Å². The number of hydrogen-bond acceptors (Lipinski definition) is 5. The van der Waals surface area contributed by atoms with E-state index in [1.54, 1.807) is 12.1 Å². The summed E-state index contributed by atoms with van der Waals surface area (Å²) in [5, 5.41) is 8.28. The van der Waals surface area contributed by atoms with Crippen LogP contribution in [0.15, 0.2) is 35.7 Å². The van der Waals surface area contributed by atoms with Gasteiger partial charge in [0.15, 0.2) is 5.11 Å². The number of carbonyl (C=O) groups excluding carboxylic acids is 2. The van der Waals surface area contributed by atoms with E-state index in [1.807, 2.05) is 35.4 Å². The van der Waals surface area contributed by atoms with Crippen molar-refractivity contribution in [3.63, 3.8) is 0 Å². The zero-order chi connectivity index (χ0) is 20.1. The first-order valence-corrected chi connectivity index (χ1v) is 10.6. The third kappa shape index (κ3) is 5.01. The highest BCUT2D eigenvalue weighted by atomic mass is 35.5. The topological polar surface area (TPSA) is 64.7 Å². The predicted molar refractivity (Wildman–Crippen MR) is 119 cm³/mol. The fourth-order valence-electron chi connectivity index (χ4n) is 3.00. The summed E-state index contributed by atoms with van der Waals surface area (Å²) in [5.41, 5.74) is 1.62. The highest BCUT2D eigenvalue weighted by Crippen LogP contribution is 2.29. The van der Waals surface area contributed by atoms with Crippen LogP contribution in [0.5, 0.6) is 0 Å². The van der Waals surface area contributed by atoms with Crippen molar-refractivity contribution in [2.24, 2.45) is 0 Å². The zero-order valence-electron chi connectivity index (χ0n) is 15.4. The summed E-state index contributed by atoms with van der Waals surface area (Å²) in [7, 11) is 0. The molecule has 2 amide bonds. The van der Waals surface area contributed by atoms with E-state index in [4.69, 9.17) is 23.8 Å². The summed E-state index contributed by atoms with van der Waals surface area (Å²) in [6.45, 7) is 4.76. The summed E-state index contributed by atoms with van der Waals surface area (Å²) < 4.78 is 0. The Morgan fingerprint density at radius 3 is 2.57 bits per heavy atom. The van der Waals surface area contributed by atoms with Gasteiger partial charge in [0, 0.05) is 38.3 Å². The van der Waals surface area contributed by atoms with Crippen LogP contribution in [0.3, 0.4) is 0 Å². The van der Waals surface area contributed by atoms with E-state index in [1.165, 1.54) is 11.3 Å². The minimum absolute atomic E-state index is 0.184. The van der Waals surface area contributed by atoms with Crippen LogP contribution in [-0.2, 0) is 4.79 Å². The molecule has 0 spiro atoms. The van der Waals surface area contributed by atoms with Crippen LogP contribution in [0.4, 0.5) is 11.4 Å². The number of anilines is 2. The van der Waals surface area contributed by atoms with E-state index in [9.17, 15) is 9.59 Å². The van der Waals surface area contributed by atoms with Crippen molar-refractivity contribution in [2.75, 3.05) is 36.4 Å². The largest absolute Gasteiger partial charge is 0.367 e. The summed E-state index contributed by atoms with van der Waals surface area (Å²) in [5.74, 6) is -0.0573. The quantitative estimate of drug-likeness (QED) is 0.717. The van der Waals surface area contributed by atoms with Crippen molar-refractivity contribution in [3.05, 3.63) is 45.6 Å². The lowest BCUT2D eigenvalue weighted by molar-refractivity contribution is -0.131. The van der Waals surface area contributed by atoms with Crippen LogP contribution < -0.4 is 15.5 Å². The molecule has 6 nitrogen and oxygen atoms in total. The van der Waals surface area contributed by atoms with E-state index < -0.39 is 0 Å². The molecular weight excluding hydrogens is 416 g/mol. The number of nitrogens with zero attached hydrogens (tertiary/aromatic N) is 2. The Labute approximate surface area is 178 Å². The standard InChI is InChI=1S/C19H21ClN4O2S2/c1-2-17(25)24-9-7-23(8-10-24)15-6-5-13(12-14(15)20)21-19(27)22-18(26)16-4-3-11-28-16/h3-6,11-12H,2,7-10H2,1H3,(H2,21,22,26,27). The molecule has 1 saturated heterocycles. The number of thiophene rings is 1. The fraction of sp³-hybridized carbons (Fsp3) is 0.316. The van der Waals surface area contributed by atoms with Gasteiger partial charge in [0.25, 0.3) is 5.91 Å². The molecule has 2 heterocycles. The van der Waals surface area contributed by atoms with Crippen molar-refractivity contribution in [3.8, 4) is 0 Å². The Kier molecular flexibility index (Phi) is 6.88. The first-order valence-electron chi connectivity index (χ1n) is 8.96. The third-order valence-corrected chi connectivity index (χ3v) is 5.83. The van der Waals surface area contributed by atoms with Crippen LogP contribution in [0.25, 0.3) is 0 Å². The molecule has 1 aliphatic heterocycles. The summed E-state index contributed by atoms with van der Waals surface area (Å²) in [4.78, 5) is 28.5. The third-order valence-electron chi connectivity index (χ3n) is 4.45. The molecule has 0 unspecified atom stereocenters. The maximum Gasteiger partial charge on any atom is 0.267 e. The first kappa shape index (κ1) is 20.6. The van der Waals surface area contributed by atoms with Crippen molar-refractivity contribution in [1.29, 1.82) is 0 Å². The van der Waals surface area contributed by atoms with E-state index in [2.05, 4.69) is 15.5 Å². The van der Waals surface area contributed by atoms with Crippen molar-refractivity contribution >= 4 is 63.5 Å². The van der Waals surface area contributed by atoms with Crippen LogP contribution in [0.2, 0.25) is 5.02 Å². The van der Waals surface area contributed by atoms with E-state index >= 15 is 0 Å². The smallest absolute Gasteiger partial charge is 0.267 e. The van der Waals surface area contributed by atoms with Gasteiger partial charge in [-0.15, -0.1) is 11.3 Å². The fourth-order valence-corrected chi connectivity index (χ4v) is 4.13. The van der Waals surface area contributed by atoms with Gasteiger partial charge >= 0.3 is 0 Å². The zero-order valence-corrected chi connectivity index (χ0v) is 17.8. The molecular formula is C19H21ClN4O2S2. The first-order chi connectivity index (χ1) is 13.5. The second kappa shape index (κ2) is 9.36. The molecule has 9 heteroatoms. The normalized spacial score (nSPS) is 13.9. The average molecular weight is 437 g/mol. The Morgan fingerprint density at radius 1 is 1.21 bits per heavy atom. The molecule has 2 N–H and O–H groups in total. The van der Waals surface area contributed by atoms with Crippen LogP contribution in [0, 0.1) is 0 Å². The summed E-state index contributed by atoms with van der Waals surface area (Å²) >= 11 is 13.0. The van der Waals surface area contributed by atoms with Crippen molar-refractivity contribution in [1.82, 2.24) is 10.2 Å². The molecule has 2 aromatic rings. The van der Waals surface area contributed by atoms with Gasteiger partial charge in [-0.05, 0) is 41.9 Å². The summed E-state index contributed by atoms with van der Waals surface area (Å²) in [6, 6.07) is 9.12. The number of benzene rings is 1. The molecule has 148 valence electrons. The maximum atomic E-state index is 12.0. The van der Waals surface area contributed by atoms with Gasteiger partial charge in [-0.2, -0.15) is 0 Å². The van der Waals surface area contributed by atoms with Gasteiger partial charge in [0.1, 0.15) is 0 Å². The van der Waals surface area contributed by atoms with Gasteiger partial charge in [-0.1, -0.05) is 24.6 Å². The predicted octanol–water partition coefficient (Wildman–Crippen LogP) is 3.59.